The second-order valence-corrected chi connectivity index (χ2v) is 8.89. The predicted octanol–water partition coefficient (Wildman–Crippen LogP) is 1.90. The van der Waals surface area contributed by atoms with Crippen molar-refractivity contribution in [3.05, 3.63) is 0 Å². The molecule has 0 aromatic rings. The molecular formula is C15H29NO4S. The summed E-state index contributed by atoms with van der Waals surface area (Å²) in [7, 11) is -3.55. The number of ether oxygens (including phenoxy) is 1. The molecule has 1 saturated carbocycles. The first-order chi connectivity index (χ1) is 9.64. The van der Waals surface area contributed by atoms with Crippen LogP contribution in [0.2, 0.25) is 0 Å². The van der Waals surface area contributed by atoms with E-state index in [-0.39, 0.29) is 18.1 Å². The lowest BCUT2D eigenvalue weighted by atomic mass is 9.69. The SMILES string of the molecule is CCOC(=O)CS(=O)(=O)C1CC(C(C)(C)CC)CCC1N. The van der Waals surface area contributed by atoms with E-state index in [0.29, 0.717) is 18.8 Å². The Labute approximate surface area is 128 Å². The normalized spacial score (nSPS) is 27.4. The zero-order chi connectivity index (χ0) is 16.3. The summed E-state index contributed by atoms with van der Waals surface area (Å²) in [5.74, 6) is -0.913. The molecule has 5 nitrogen and oxygen atoms in total. The Morgan fingerprint density at radius 3 is 2.43 bits per heavy atom. The molecule has 1 rings (SSSR count). The molecule has 1 aliphatic carbocycles. The van der Waals surface area contributed by atoms with E-state index in [9.17, 15) is 13.2 Å². The van der Waals surface area contributed by atoms with Gasteiger partial charge in [-0.3, -0.25) is 4.79 Å². The Bertz CT molecular complexity index is 458. The van der Waals surface area contributed by atoms with Crippen molar-refractivity contribution in [1.82, 2.24) is 0 Å². The molecule has 124 valence electrons. The number of hydrogen-bond donors (Lipinski definition) is 1. The molecule has 0 saturated heterocycles. The molecule has 3 unspecified atom stereocenters. The summed E-state index contributed by atoms with van der Waals surface area (Å²) in [5, 5.41) is -0.633. The van der Waals surface area contributed by atoms with Gasteiger partial charge in [0.05, 0.1) is 11.9 Å². The lowest BCUT2D eigenvalue weighted by molar-refractivity contribution is -0.139. The van der Waals surface area contributed by atoms with Gasteiger partial charge in [-0.25, -0.2) is 8.42 Å². The van der Waals surface area contributed by atoms with Crippen molar-refractivity contribution in [2.75, 3.05) is 12.4 Å². The van der Waals surface area contributed by atoms with E-state index >= 15 is 0 Å². The van der Waals surface area contributed by atoms with Crippen LogP contribution in [0, 0.1) is 11.3 Å². The van der Waals surface area contributed by atoms with Gasteiger partial charge in [-0.15, -0.1) is 0 Å². The number of carbonyl (C=O) groups excluding carboxylic acids is 1. The Hall–Kier alpha value is -0.620. The third-order valence-corrected chi connectivity index (χ3v) is 7.05. The Balaban J connectivity index is 2.86. The largest absolute Gasteiger partial charge is 0.465 e. The highest BCUT2D eigenvalue weighted by molar-refractivity contribution is 7.92. The maximum Gasteiger partial charge on any atom is 0.321 e. The van der Waals surface area contributed by atoms with E-state index in [0.717, 1.165) is 12.8 Å². The number of rotatable bonds is 6. The first-order valence-electron chi connectivity index (χ1n) is 7.76. The Morgan fingerprint density at radius 2 is 1.90 bits per heavy atom. The number of hydrogen-bond acceptors (Lipinski definition) is 5. The molecule has 1 aliphatic rings. The Morgan fingerprint density at radius 1 is 1.29 bits per heavy atom. The second kappa shape index (κ2) is 7.09. The van der Waals surface area contributed by atoms with Crippen molar-refractivity contribution in [3.63, 3.8) is 0 Å². The first-order valence-corrected chi connectivity index (χ1v) is 9.48. The highest BCUT2D eigenvalue weighted by atomic mass is 32.2. The highest BCUT2D eigenvalue weighted by Crippen LogP contribution is 2.41. The summed E-state index contributed by atoms with van der Waals surface area (Å²) in [6, 6.07) is -0.381. The van der Waals surface area contributed by atoms with E-state index < -0.39 is 26.8 Å². The van der Waals surface area contributed by atoms with Crippen LogP contribution >= 0.6 is 0 Å². The summed E-state index contributed by atoms with van der Waals surface area (Å²) >= 11 is 0. The third kappa shape index (κ3) is 4.68. The van der Waals surface area contributed by atoms with Crippen molar-refractivity contribution in [2.24, 2.45) is 17.1 Å². The monoisotopic (exact) mass is 319 g/mol. The lowest BCUT2D eigenvalue weighted by Crippen LogP contribution is -2.49. The number of nitrogens with two attached hydrogens (primary N) is 1. The quantitative estimate of drug-likeness (QED) is 0.756. The molecule has 0 aromatic carbocycles. The topological polar surface area (TPSA) is 86.5 Å². The fourth-order valence-corrected chi connectivity index (χ4v) is 4.86. The minimum Gasteiger partial charge on any atom is -0.465 e. The van der Waals surface area contributed by atoms with Crippen molar-refractivity contribution in [2.45, 2.75) is 64.7 Å². The van der Waals surface area contributed by atoms with Gasteiger partial charge in [0.15, 0.2) is 9.84 Å². The van der Waals surface area contributed by atoms with Crippen LogP contribution < -0.4 is 5.73 Å². The standard InChI is InChI=1S/C15H29NO4S/c1-5-15(3,4)11-7-8-12(16)13(9-11)21(18,19)10-14(17)20-6-2/h11-13H,5-10,16H2,1-4H3. The zero-order valence-corrected chi connectivity index (χ0v) is 14.4. The fraction of sp³-hybridized carbons (Fsp3) is 0.933. The van der Waals surface area contributed by atoms with Gasteiger partial charge < -0.3 is 10.5 Å². The lowest BCUT2D eigenvalue weighted by Gasteiger charge is -2.41. The van der Waals surface area contributed by atoms with E-state index in [2.05, 4.69) is 20.8 Å². The van der Waals surface area contributed by atoms with Gasteiger partial charge in [0.2, 0.25) is 0 Å². The molecule has 3 atom stereocenters. The van der Waals surface area contributed by atoms with Crippen molar-refractivity contribution >= 4 is 15.8 Å². The molecule has 1 fully saturated rings. The van der Waals surface area contributed by atoms with Crippen molar-refractivity contribution < 1.29 is 17.9 Å². The molecule has 6 heteroatoms. The molecule has 0 heterocycles. The summed E-state index contributed by atoms with van der Waals surface area (Å²) in [6.45, 7) is 8.32. The summed E-state index contributed by atoms with van der Waals surface area (Å²) in [6.07, 6.45) is 3.19. The molecule has 0 aromatic heterocycles. The summed E-state index contributed by atoms with van der Waals surface area (Å²) in [5.41, 5.74) is 6.13. The van der Waals surface area contributed by atoms with Crippen LogP contribution in [0.15, 0.2) is 0 Å². The predicted molar refractivity (Wildman–Crippen MR) is 83.6 cm³/mol. The fourth-order valence-electron chi connectivity index (χ4n) is 3.04. The molecule has 0 aliphatic heterocycles. The van der Waals surface area contributed by atoms with Crippen LogP contribution in [0.25, 0.3) is 0 Å². The number of carbonyl (C=O) groups is 1. The third-order valence-electron chi connectivity index (χ3n) is 4.94. The minimum absolute atomic E-state index is 0.0951. The van der Waals surface area contributed by atoms with Crippen LogP contribution in [0.5, 0.6) is 0 Å². The molecule has 0 bridgehead atoms. The smallest absolute Gasteiger partial charge is 0.321 e. The molecule has 0 radical (unpaired) electrons. The van der Waals surface area contributed by atoms with Gasteiger partial charge in [-0.1, -0.05) is 27.2 Å². The molecule has 2 N–H and O–H groups in total. The van der Waals surface area contributed by atoms with Gasteiger partial charge in [0, 0.05) is 6.04 Å². The molecular weight excluding hydrogens is 290 g/mol. The maximum atomic E-state index is 12.5. The van der Waals surface area contributed by atoms with E-state index in [1.54, 1.807) is 6.92 Å². The molecule has 21 heavy (non-hydrogen) atoms. The number of esters is 1. The second-order valence-electron chi connectivity index (χ2n) is 6.67. The maximum absolute atomic E-state index is 12.5. The van der Waals surface area contributed by atoms with Crippen LogP contribution in [-0.2, 0) is 19.4 Å². The van der Waals surface area contributed by atoms with Gasteiger partial charge in [-0.2, -0.15) is 0 Å². The summed E-state index contributed by atoms with van der Waals surface area (Å²) < 4.78 is 29.7. The first kappa shape index (κ1) is 18.4. The van der Waals surface area contributed by atoms with Gasteiger partial charge >= 0.3 is 5.97 Å². The zero-order valence-electron chi connectivity index (χ0n) is 13.6. The van der Waals surface area contributed by atoms with E-state index in [4.69, 9.17) is 10.5 Å². The van der Waals surface area contributed by atoms with Crippen LogP contribution in [0.1, 0.15) is 53.4 Å². The Kier molecular flexibility index (Phi) is 6.23. The van der Waals surface area contributed by atoms with Gasteiger partial charge in [0.1, 0.15) is 5.75 Å². The van der Waals surface area contributed by atoms with Crippen LogP contribution in [0.4, 0.5) is 0 Å². The van der Waals surface area contributed by atoms with Gasteiger partial charge in [0.25, 0.3) is 0 Å². The number of sulfone groups is 1. The average molecular weight is 319 g/mol. The minimum atomic E-state index is -3.55. The van der Waals surface area contributed by atoms with Gasteiger partial charge in [-0.05, 0) is 37.5 Å². The van der Waals surface area contributed by atoms with Crippen molar-refractivity contribution in [1.29, 1.82) is 0 Å². The summed E-state index contributed by atoms with van der Waals surface area (Å²) in [4.78, 5) is 11.5. The van der Waals surface area contributed by atoms with Crippen LogP contribution in [0.3, 0.4) is 0 Å². The van der Waals surface area contributed by atoms with Crippen molar-refractivity contribution in [3.8, 4) is 0 Å². The molecule has 0 amide bonds. The van der Waals surface area contributed by atoms with Crippen LogP contribution in [-0.4, -0.2) is 38.0 Å². The average Bonchev–Trinajstić information content (AvgIpc) is 2.38. The van der Waals surface area contributed by atoms with E-state index in [1.165, 1.54) is 0 Å². The molecule has 0 spiro atoms. The highest BCUT2D eigenvalue weighted by Gasteiger charge is 2.42. The van der Waals surface area contributed by atoms with E-state index in [1.807, 2.05) is 0 Å².